The number of methoxy groups -OCH3 is 1. The maximum atomic E-state index is 5.86. The number of benzene rings is 1. The highest BCUT2D eigenvalue weighted by Crippen LogP contribution is 2.34. The first-order valence-corrected chi connectivity index (χ1v) is 8.72. The molecule has 0 saturated carbocycles. The number of aromatic nitrogens is 3. The largest absolute Gasteiger partial charge is 0.496 e. The fourth-order valence-electron chi connectivity index (χ4n) is 3.62. The molecule has 6 heteroatoms. The van der Waals surface area contributed by atoms with Gasteiger partial charge in [0.2, 0.25) is 0 Å². The van der Waals surface area contributed by atoms with Crippen molar-refractivity contribution in [3.8, 4) is 11.5 Å². The highest BCUT2D eigenvalue weighted by molar-refractivity contribution is 5.48. The second kappa shape index (κ2) is 6.43. The van der Waals surface area contributed by atoms with Crippen LogP contribution in [0.3, 0.4) is 0 Å². The van der Waals surface area contributed by atoms with Crippen molar-refractivity contribution in [2.45, 2.75) is 58.3 Å². The van der Waals surface area contributed by atoms with Crippen molar-refractivity contribution in [3.63, 3.8) is 0 Å². The van der Waals surface area contributed by atoms with Gasteiger partial charge in [-0.1, -0.05) is 0 Å². The Morgan fingerprint density at radius 3 is 3.08 bits per heavy atom. The van der Waals surface area contributed by atoms with Crippen LogP contribution in [0, 0.1) is 0 Å². The van der Waals surface area contributed by atoms with Crippen molar-refractivity contribution in [2.24, 2.45) is 0 Å². The van der Waals surface area contributed by atoms with Gasteiger partial charge in [0.15, 0.2) is 0 Å². The maximum absolute atomic E-state index is 5.86. The molecular weight excluding hydrogens is 304 g/mol. The van der Waals surface area contributed by atoms with Gasteiger partial charge in [0, 0.05) is 37.1 Å². The summed E-state index contributed by atoms with van der Waals surface area (Å²) >= 11 is 0. The van der Waals surface area contributed by atoms with Crippen molar-refractivity contribution >= 4 is 0 Å². The van der Waals surface area contributed by atoms with Crippen LogP contribution in [-0.4, -0.2) is 28.0 Å². The van der Waals surface area contributed by atoms with Crippen molar-refractivity contribution < 1.29 is 9.47 Å². The van der Waals surface area contributed by atoms with Crippen LogP contribution in [0.15, 0.2) is 12.1 Å². The topological polar surface area (TPSA) is 61.2 Å². The molecular formula is C18H24N4O2. The van der Waals surface area contributed by atoms with E-state index in [0.29, 0.717) is 6.54 Å². The summed E-state index contributed by atoms with van der Waals surface area (Å²) in [6, 6.07) is 4.21. The predicted octanol–water partition coefficient (Wildman–Crippen LogP) is 2.24. The van der Waals surface area contributed by atoms with Crippen LogP contribution >= 0.6 is 0 Å². The number of aryl methyl sites for hydroxylation is 1. The number of fused-ring (bicyclic) bond motifs is 2. The fourth-order valence-corrected chi connectivity index (χ4v) is 3.62. The quantitative estimate of drug-likeness (QED) is 0.912. The molecule has 3 heterocycles. The Bertz CT molecular complexity index is 741. The van der Waals surface area contributed by atoms with E-state index in [9.17, 15) is 0 Å². The van der Waals surface area contributed by atoms with E-state index in [1.165, 1.54) is 18.4 Å². The Kier molecular flexibility index (Phi) is 4.14. The van der Waals surface area contributed by atoms with E-state index in [4.69, 9.17) is 9.47 Å². The Morgan fingerprint density at radius 1 is 1.29 bits per heavy atom. The average molecular weight is 328 g/mol. The van der Waals surface area contributed by atoms with Crippen molar-refractivity contribution in [3.05, 3.63) is 34.9 Å². The standard InChI is InChI=1S/C18H24N4O2/c1-12-7-13-8-15(23-2)14(9-16(13)24-12)10-19-11-18-21-20-17-5-3-4-6-22(17)18/h8-9,12,19H,3-7,10-11H2,1-2H3/t12-/m1/s1. The molecule has 6 nitrogen and oxygen atoms in total. The highest BCUT2D eigenvalue weighted by atomic mass is 16.5. The molecule has 0 radical (unpaired) electrons. The zero-order valence-electron chi connectivity index (χ0n) is 14.3. The van der Waals surface area contributed by atoms with Crippen LogP contribution in [0.5, 0.6) is 11.5 Å². The van der Waals surface area contributed by atoms with Crippen molar-refractivity contribution in [1.29, 1.82) is 0 Å². The summed E-state index contributed by atoms with van der Waals surface area (Å²) in [4.78, 5) is 0. The summed E-state index contributed by atoms with van der Waals surface area (Å²) in [6.07, 6.45) is 4.67. The van der Waals surface area contributed by atoms with Crippen molar-refractivity contribution in [2.75, 3.05) is 7.11 Å². The Morgan fingerprint density at radius 2 is 2.21 bits per heavy atom. The molecule has 1 aromatic carbocycles. The summed E-state index contributed by atoms with van der Waals surface area (Å²) in [5, 5.41) is 12.1. The fraction of sp³-hybridized carbons (Fsp3) is 0.556. The Labute approximate surface area is 142 Å². The minimum Gasteiger partial charge on any atom is -0.496 e. The molecule has 0 amide bonds. The normalized spacial score (nSPS) is 18.8. The minimum absolute atomic E-state index is 0.246. The number of nitrogens with zero attached hydrogens (tertiary/aromatic N) is 3. The van der Waals surface area contributed by atoms with Gasteiger partial charge in [0.05, 0.1) is 13.7 Å². The lowest BCUT2D eigenvalue weighted by atomic mass is 10.1. The molecule has 1 N–H and O–H groups in total. The van der Waals surface area contributed by atoms with Crippen LogP contribution in [0.2, 0.25) is 0 Å². The third-order valence-corrected chi connectivity index (χ3v) is 4.83. The number of ether oxygens (including phenoxy) is 2. The Hall–Kier alpha value is -2.08. The first-order chi connectivity index (χ1) is 11.7. The van der Waals surface area contributed by atoms with Gasteiger partial charge in [-0.15, -0.1) is 10.2 Å². The van der Waals surface area contributed by atoms with Crippen LogP contribution in [0.25, 0.3) is 0 Å². The summed E-state index contributed by atoms with van der Waals surface area (Å²) < 4.78 is 13.7. The van der Waals surface area contributed by atoms with E-state index < -0.39 is 0 Å². The molecule has 4 rings (SSSR count). The molecule has 0 fully saturated rings. The van der Waals surface area contributed by atoms with E-state index >= 15 is 0 Å². The number of hydrogen-bond acceptors (Lipinski definition) is 5. The molecule has 2 aromatic rings. The Balaban J connectivity index is 1.44. The first kappa shape index (κ1) is 15.4. The average Bonchev–Trinajstić information content (AvgIpc) is 3.16. The monoisotopic (exact) mass is 328 g/mol. The zero-order chi connectivity index (χ0) is 16.5. The van der Waals surface area contributed by atoms with E-state index in [2.05, 4.69) is 39.1 Å². The van der Waals surface area contributed by atoms with Gasteiger partial charge in [-0.3, -0.25) is 0 Å². The molecule has 2 aliphatic heterocycles. The summed E-state index contributed by atoms with van der Waals surface area (Å²) in [5.74, 6) is 4.05. The second-order valence-corrected chi connectivity index (χ2v) is 6.65. The van der Waals surface area contributed by atoms with Gasteiger partial charge in [-0.05, 0) is 31.9 Å². The molecule has 2 aliphatic rings. The van der Waals surface area contributed by atoms with Gasteiger partial charge in [0.25, 0.3) is 0 Å². The highest BCUT2D eigenvalue weighted by Gasteiger charge is 2.22. The molecule has 0 unspecified atom stereocenters. The third-order valence-electron chi connectivity index (χ3n) is 4.83. The molecule has 0 spiro atoms. The van der Waals surface area contributed by atoms with Crippen molar-refractivity contribution in [1.82, 2.24) is 20.1 Å². The van der Waals surface area contributed by atoms with E-state index in [0.717, 1.165) is 54.6 Å². The molecule has 1 aromatic heterocycles. The van der Waals surface area contributed by atoms with Gasteiger partial charge in [-0.25, -0.2) is 0 Å². The molecule has 1 atom stereocenters. The van der Waals surface area contributed by atoms with Gasteiger partial charge >= 0.3 is 0 Å². The molecule has 0 aliphatic carbocycles. The number of nitrogens with one attached hydrogen (secondary N) is 1. The summed E-state index contributed by atoms with van der Waals surface area (Å²) in [5.41, 5.74) is 2.35. The molecule has 128 valence electrons. The lowest BCUT2D eigenvalue weighted by Gasteiger charge is -2.15. The van der Waals surface area contributed by atoms with Crippen LogP contribution in [0.1, 0.15) is 42.5 Å². The third kappa shape index (κ3) is 2.86. The molecule has 0 bridgehead atoms. The van der Waals surface area contributed by atoms with Gasteiger partial charge in [0.1, 0.15) is 29.3 Å². The SMILES string of the molecule is COc1cc2c(cc1CNCc1nnc3n1CCCC3)O[C@H](C)C2. The number of rotatable bonds is 5. The van der Waals surface area contributed by atoms with E-state index in [1.54, 1.807) is 7.11 Å². The summed E-state index contributed by atoms with van der Waals surface area (Å²) in [7, 11) is 1.72. The van der Waals surface area contributed by atoms with Crippen LogP contribution < -0.4 is 14.8 Å². The molecule has 0 saturated heterocycles. The maximum Gasteiger partial charge on any atom is 0.147 e. The zero-order valence-corrected chi connectivity index (χ0v) is 14.3. The summed E-state index contributed by atoms with van der Waals surface area (Å²) in [6.45, 7) is 4.56. The van der Waals surface area contributed by atoms with E-state index in [-0.39, 0.29) is 6.10 Å². The molecule has 24 heavy (non-hydrogen) atoms. The first-order valence-electron chi connectivity index (χ1n) is 8.72. The minimum atomic E-state index is 0.246. The predicted molar refractivity (Wildman–Crippen MR) is 90.3 cm³/mol. The lowest BCUT2D eigenvalue weighted by Crippen LogP contribution is -2.19. The van der Waals surface area contributed by atoms with Gasteiger partial charge < -0.3 is 19.4 Å². The van der Waals surface area contributed by atoms with E-state index in [1.807, 2.05) is 0 Å². The second-order valence-electron chi connectivity index (χ2n) is 6.65. The van der Waals surface area contributed by atoms with Gasteiger partial charge in [-0.2, -0.15) is 0 Å². The smallest absolute Gasteiger partial charge is 0.147 e. The number of hydrogen-bond donors (Lipinski definition) is 1. The van der Waals surface area contributed by atoms with Crippen LogP contribution in [0.4, 0.5) is 0 Å². The lowest BCUT2D eigenvalue weighted by molar-refractivity contribution is 0.254. The van der Waals surface area contributed by atoms with Crippen LogP contribution in [-0.2, 0) is 32.5 Å².